The van der Waals surface area contributed by atoms with Crippen LogP contribution in [0.25, 0.3) is 0 Å². The fraction of sp³-hybridized carbons (Fsp3) is 0.381. The van der Waals surface area contributed by atoms with Crippen molar-refractivity contribution in [2.24, 2.45) is 0 Å². The highest BCUT2D eigenvalue weighted by molar-refractivity contribution is 5.92. The van der Waals surface area contributed by atoms with E-state index in [4.69, 9.17) is 9.47 Å². The van der Waals surface area contributed by atoms with Crippen molar-refractivity contribution in [2.45, 2.75) is 18.4 Å². The molecule has 1 fully saturated rings. The van der Waals surface area contributed by atoms with Crippen molar-refractivity contribution in [1.82, 2.24) is 4.90 Å². The number of piperidine rings is 1. The van der Waals surface area contributed by atoms with Gasteiger partial charge in [0.1, 0.15) is 0 Å². The van der Waals surface area contributed by atoms with Gasteiger partial charge in [-0.3, -0.25) is 9.69 Å². The Kier molecular flexibility index (Phi) is 5.98. The van der Waals surface area contributed by atoms with Crippen LogP contribution in [0.3, 0.4) is 0 Å². The Balaban J connectivity index is 1.54. The first-order valence-electron chi connectivity index (χ1n) is 9.06. The zero-order valence-electron chi connectivity index (χ0n) is 15.8. The molecule has 1 amide bonds. The maximum absolute atomic E-state index is 12.4. The lowest BCUT2D eigenvalue weighted by Crippen LogP contribution is -2.45. The second kappa shape index (κ2) is 8.41. The summed E-state index contributed by atoms with van der Waals surface area (Å²) in [5, 5.41) is 13.8. The van der Waals surface area contributed by atoms with Crippen LogP contribution in [0.15, 0.2) is 48.5 Å². The summed E-state index contributed by atoms with van der Waals surface area (Å²) in [4.78, 5) is 14.4. The van der Waals surface area contributed by atoms with Gasteiger partial charge >= 0.3 is 0 Å². The van der Waals surface area contributed by atoms with Crippen LogP contribution in [0.2, 0.25) is 0 Å². The van der Waals surface area contributed by atoms with Crippen molar-refractivity contribution in [3.8, 4) is 11.5 Å². The minimum atomic E-state index is -0.808. The third-order valence-electron chi connectivity index (χ3n) is 5.03. The number of hydrogen-bond acceptors (Lipinski definition) is 5. The van der Waals surface area contributed by atoms with Crippen LogP contribution in [0.1, 0.15) is 18.4 Å². The van der Waals surface area contributed by atoms with Crippen molar-refractivity contribution in [3.63, 3.8) is 0 Å². The Bertz CT molecular complexity index is 771. The van der Waals surface area contributed by atoms with Gasteiger partial charge in [-0.1, -0.05) is 30.3 Å². The number of methoxy groups -OCH3 is 2. The quantitative estimate of drug-likeness (QED) is 0.818. The van der Waals surface area contributed by atoms with E-state index in [1.54, 1.807) is 32.4 Å². The van der Waals surface area contributed by atoms with Gasteiger partial charge in [-0.15, -0.1) is 0 Å². The molecule has 1 aliphatic rings. The number of amides is 1. The molecule has 3 rings (SSSR count). The zero-order valence-corrected chi connectivity index (χ0v) is 15.8. The summed E-state index contributed by atoms with van der Waals surface area (Å²) in [6.45, 7) is 1.63. The van der Waals surface area contributed by atoms with Gasteiger partial charge in [0, 0.05) is 24.8 Å². The lowest BCUT2D eigenvalue weighted by atomic mass is 9.84. The standard InChI is InChI=1S/C21H26N2O4/c1-26-18-9-8-17(14-19(18)27-2)22-20(24)15-23-12-10-21(25,11-13-23)16-6-4-3-5-7-16/h3-9,14,25H,10-13,15H2,1-2H3,(H,22,24). The average molecular weight is 370 g/mol. The summed E-state index contributed by atoms with van der Waals surface area (Å²) in [5.74, 6) is 1.10. The molecule has 6 nitrogen and oxygen atoms in total. The molecular weight excluding hydrogens is 344 g/mol. The summed E-state index contributed by atoms with van der Waals surface area (Å²) in [5.41, 5.74) is 0.798. The molecule has 0 unspecified atom stereocenters. The Hall–Kier alpha value is -2.57. The average Bonchev–Trinajstić information content (AvgIpc) is 2.70. The van der Waals surface area contributed by atoms with E-state index >= 15 is 0 Å². The first-order valence-corrected chi connectivity index (χ1v) is 9.06. The SMILES string of the molecule is COc1ccc(NC(=O)CN2CCC(O)(c3ccccc3)CC2)cc1OC. The summed E-state index contributed by atoms with van der Waals surface area (Å²) in [6, 6.07) is 15.0. The van der Waals surface area contributed by atoms with Gasteiger partial charge in [0.25, 0.3) is 0 Å². The number of ether oxygens (including phenoxy) is 2. The third kappa shape index (κ3) is 4.59. The number of aliphatic hydroxyl groups is 1. The highest BCUT2D eigenvalue weighted by Gasteiger charge is 2.34. The number of carbonyl (C=O) groups excluding carboxylic acids is 1. The van der Waals surface area contributed by atoms with Crippen molar-refractivity contribution >= 4 is 11.6 Å². The van der Waals surface area contributed by atoms with E-state index in [9.17, 15) is 9.90 Å². The summed E-state index contributed by atoms with van der Waals surface area (Å²) in [6.07, 6.45) is 1.22. The molecule has 0 spiro atoms. The van der Waals surface area contributed by atoms with Gasteiger partial charge in [0.05, 0.1) is 26.4 Å². The molecule has 0 aromatic heterocycles. The van der Waals surface area contributed by atoms with E-state index in [2.05, 4.69) is 10.2 Å². The van der Waals surface area contributed by atoms with Crippen LogP contribution < -0.4 is 14.8 Å². The third-order valence-corrected chi connectivity index (χ3v) is 5.03. The molecule has 0 saturated carbocycles. The number of likely N-dealkylation sites (tertiary alicyclic amines) is 1. The topological polar surface area (TPSA) is 71.0 Å². The molecule has 0 aliphatic carbocycles. The predicted molar refractivity (Wildman–Crippen MR) is 104 cm³/mol. The first-order chi connectivity index (χ1) is 13.0. The molecule has 2 N–H and O–H groups in total. The highest BCUT2D eigenvalue weighted by atomic mass is 16.5. The second-order valence-corrected chi connectivity index (χ2v) is 6.79. The molecule has 1 aliphatic heterocycles. The largest absolute Gasteiger partial charge is 0.493 e. The highest BCUT2D eigenvalue weighted by Crippen LogP contribution is 2.33. The maximum Gasteiger partial charge on any atom is 0.238 e. The molecule has 27 heavy (non-hydrogen) atoms. The van der Waals surface area contributed by atoms with E-state index in [0.717, 1.165) is 5.56 Å². The Morgan fingerprint density at radius 1 is 1.07 bits per heavy atom. The van der Waals surface area contributed by atoms with E-state index in [-0.39, 0.29) is 5.91 Å². The fourth-order valence-electron chi connectivity index (χ4n) is 3.44. The molecule has 0 bridgehead atoms. The minimum absolute atomic E-state index is 0.0904. The van der Waals surface area contributed by atoms with Crippen LogP contribution in [-0.2, 0) is 10.4 Å². The van der Waals surface area contributed by atoms with Crippen LogP contribution in [0.4, 0.5) is 5.69 Å². The molecule has 6 heteroatoms. The number of benzene rings is 2. The van der Waals surface area contributed by atoms with Gasteiger partial charge < -0.3 is 19.9 Å². The number of anilines is 1. The van der Waals surface area contributed by atoms with E-state index in [1.807, 2.05) is 30.3 Å². The smallest absolute Gasteiger partial charge is 0.238 e. The van der Waals surface area contributed by atoms with Crippen molar-refractivity contribution in [1.29, 1.82) is 0 Å². The Labute approximate surface area is 159 Å². The molecule has 0 atom stereocenters. The Morgan fingerprint density at radius 3 is 2.37 bits per heavy atom. The zero-order chi connectivity index (χ0) is 19.3. The second-order valence-electron chi connectivity index (χ2n) is 6.79. The van der Waals surface area contributed by atoms with Crippen molar-refractivity contribution < 1.29 is 19.4 Å². The van der Waals surface area contributed by atoms with Crippen LogP contribution >= 0.6 is 0 Å². The number of nitrogens with one attached hydrogen (secondary N) is 1. The predicted octanol–water partition coefficient (Wildman–Crippen LogP) is 2.63. The summed E-state index contributed by atoms with van der Waals surface area (Å²) < 4.78 is 10.5. The van der Waals surface area contributed by atoms with Crippen LogP contribution in [-0.4, -0.2) is 49.8 Å². The van der Waals surface area contributed by atoms with Crippen molar-refractivity contribution in [3.05, 3.63) is 54.1 Å². The molecular formula is C21H26N2O4. The summed E-state index contributed by atoms with van der Waals surface area (Å²) >= 11 is 0. The Morgan fingerprint density at radius 2 is 1.74 bits per heavy atom. The molecule has 2 aromatic rings. The lowest BCUT2D eigenvalue weighted by molar-refractivity contribution is -0.118. The van der Waals surface area contributed by atoms with Gasteiger partial charge in [0.2, 0.25) is 5.91 Å². The number of carbonyl (C=O) groups is 1. The normalized spacial score (nSPS) is 16.6. The molecule has 2 aromatic carbocycles. The van der Waals surface area contributed by atoms with E-state index in [1.165, 1.54) is 0 Å². The monoisotopic (exact) mass is 370 g/mol. The number of hydrogen-bond donors (Lipinski definition) is 2. The number of nitrogens with zero attached hydrogens (tertiary/aromatic N) is 1. The molecule has 0 radical (unpaired) electrons. The minimum Gasteiger partial charge on any atom is -0.493 e. The van der Waals surface area contributed by atoms with E-state index < -0.39 is 5.60 Å². The first kappa shape index (κ1) is 19.2. The fourth-order valence-corrected chi connectivity index (χ4v) is 3.44. The van der Waals surface area contributed by atoms with Crippen LogP contribution in [0.5, 0.6) is 11.5 Å². The maximum atomic E-state index is 12.4. The van der Waals surface area contributed by atoms with E-state index in [0.29, 0.717) is 49.7 Å². The van der Waals surface area contributed by atoms with Gasteiger partial charge in [0.15, 0.2) is 11.5 Å². The van der Waals surface area contributed by atoms with Gasteiger partial charge in [-0.2, -0.15) is 0 Å². The molecule has 144 valence electrons. The molecule has 1 heterocycles. The van der Waals surface area contributed by atoms with Gasteiger partial charge in [-0.05, 0) is 30.5 Å². The number of rotatable bonds is 6. The lowest BCUT2D eigenvalue weighted by Gasteiger charge is -2.38. The summed E-state index contributed by atoms with van der Waals surface area (Å²) in [7, 11) is 3.13. The van der Waals surface area contributed by atoms with Gasteiger partial charge in [-0.25, -0.2) is 0 Å². The van der Waals surface area contributed by atoms with Crippen molar-refractivity contribution in [2.75, 3.05) is 39.2 Å². The van der Waals surface area contributed by atoms with Crippen LogP contribution in [0, 0.1) is 0 Å². The molecule has 1 saturated heterocycles.